The molecule has 0 saturated carbocycles. The van der Waals surface area contributed by atoms with E-state index >= 15 is 0 Å². The molecule has 0 heterocycles. The Morgan fingerprint density at radius 3 is 1.00 bits per heavy atom. The minimum absolute atomic E-state index is 0. The van der Waals surface area contributed by atoms with Crippen LogP contribution in [0.2, 0.25) is 0 Å². The average molecular weight is 87.9 g/mol. The predicted octanol–water partition coefficient (Wildman–Crippen LogP) is -6.26. The van der Waals surface area contributed by atoms with Crippen LogP contribution in [0.1, 0.15) is 2.85 Å². The first-order valence-corrected chi connectivity index (χ1v) is 0. The molecule has 0 saturated heterocycles. The first kappa shape index (κ1) is 30.1. The SMILES string of the molecule is [Al+3].[Al+3].[HH].[HH].[Li+].[Na+]. The van der Waals surface area contributed by atoms with Gasteiger partial charge >= 0.3 is 83.1 Å². The van der Waals surface area contributed by atoms with Gasteiger partial charge in [-0.25, -0.2) is 0 Å². The van der Waals surface area contributed by atoms with Crippen LogP contribution in [0.4, 0.5) is 0 Å². The van der Waals surface area contributed by atoms with E-state index in [0.29, 0.717) is 0 Å². The standard InChI is InChI=1S/2Al.Li.Na.2H2/h;;;;2*1H/q2*+3;2*+1;;. The van der Waals surface area contributed by atoms with E-state index in [1.54, 1.807) is 0 Å². The van der Waals surface area contributed by atoms with Crippen molar-refractivity contribution in [2.75, 3.05) is 0 Å². The maximum atomic E-state index is 0. The summed E-state index contributed by atoms with van der Waals surface area (Å²) in [4.78, 5) is 0. The summed E-state index contributed by atoms with van der Waals surface area (Å²) in [5, 5.41) is 0. The second-order valence-electron chi connectivity index (χ2n) is 0. The van der Waals surface area contributed by atoms with E-state index in [0.717, 1.165) is 0 Å². The minimum Gasteiger partial charge on any atom is 0 e. The van der Waals surface area contributed by atoms with Crippen molar-refractivity contribution in [3.8, 4) is 0 Å². The molecule has 0 aliphatic carbocycles. The number of rotatable bonds is 0. The van der Waals surface area contributed by atoms with Crippen molar-refractivity contribution in [2.45, 2.75) is 0 Å². The zero-order valence-electron chi connectivity index (χ0n) is 3.15. The monoisotopic (exact) mass is 88.0 g/mol. The Morgan fingerprint density at radius 2 is 1.00 bits per heavy atom. The molecule has 0 aromatic rings. The predicted molar refractivity (Wildman–Crippen MR) is 15.7 cm³/mol. The van der Waals surface area contributed by atoms with E-state index in [1.165, 1.54) is 0 Å². The first-order chi connectivity index (χ1) is 0. The van der Waals surface area contributed by atoms with Gasteiger partial charge < -0.3 is 0 Å². The molecule has 0 spiro atoms. The fourth-order valence-corrected chi connectivity index (χ4v) is 0. The molecule has 4 valence electrons. The van der Waals surface area contributed by atoms with Gasteiger partial charge in [-0.15, -0.1) is 0 Å². The van der Waals surface area contributed by atoms with Crippen LogP contribution in [0.3, 0.4) is 0 Å². The van der Waals surface area contributed by atoms with Crippen LogP contribution in [0.5, 0.6) is 0 Å². The summed E-state index contributed by atoms with van der Waals surface area (Å²) in [5.74, 6) is 0. The minimum atomic E-state index is 0. The van der Waals surface area contributed by atoms with Crippen molar-refractivity contribution in [3.05, 3.63) is 0 Å². The Morgan fingerprint density at radius 1 is 1.00 bits per heavy atom. The summed E-state index contributed by atoms with van der Waals surface area (Å²) in [6.07, 6.45) is 0. The average Bonchev–Trinajstić information content (AvgIpc) is 0. The van der Waals surface area contributed by atoms with Gasteiger partial charge in [0.2, 0.25) is 0 Å². The quantitative estimate of drug-likeness (QED) is 0.258. The molecule has 0 aliphatic rings. The zero-order chi connectivity index (χ0) is 0. The van der Waals surface area contributed by atoms with Crippen molar-refractivity contribution in [2.24, 2.45) is 0 Å². The van der Waals surface area contributed by atoms with Crippen molar-refractivity contribution in [3.63, 3.8) is 0 Å². The van der Waals surface area contributed by atoms with Crippen LogP contribution < -0.4 is 48.4 Å². The Balaban J connectivity index is 0. The van der Waals surface area contributed by atoms with Crippen LogP contribution in [0.15, 0.2) is 0 Å². The molecule has 0 bridgehead atoms. The smallest absolute Gasteiger partial charge is 0 e. The summed E-state index contributed by atoms with van der Waals surface area (Å²) in [6.45, 7) is 0. The van der Waals surface area contributed by atoms with Gasteiger partial charge in [-0.2, -0.15) is 0 Å². The summed E-state index contributed by atoms with van der Waals surface area (Å²) in [7, 11) is 0. The molecule has 0 amide bonds. The maximum Gasteiger partial charge on any atom is 3.00 e. The molecular weight excluding hydrogens is 83.9 g/mol. The van der Waals surface area contributed by atoms with Gasteiger partial charge in [-0.1, -0.05) is 0 Å². The fraction of sp³-hybridized carbons (Fsp3) is 0. The molecule has 0 aromatic heterocycles. The van der Waals surface area contributed by atoms with E-state index in [1.807, 2.05) is 0 Å². The van der Waals surface area contributed by atoms with Gasteiger partial charge in [0, 0.05) is 2.85 Å². The molecule has 4 heavy (non-hydrogen) atoms. The summed E-state index contributed by atoms with van der Waals surface area (Å²) in [5.41, 5.74) is 0. The third-order valence-corrected chi connectivity index (χ3v) is 0. The second kappa shape index (κ2) is 17.4. The Hall–Kier alpha value is 2.66. The summed E-state index contributed by atoms with van der Waals surface area (Å²) < 4.78 is 0. The van der Waals surface area contributed by atoms with Crippen LogP contribution in [0, 0.1) is 0 Å². The van der Waals surface area contributed by atoms with E-state index in [9.17, 15) is 0 Å². The molecule has 0 radical (unpaired) electrons. The molecule has 0 aromatic carbocycles. The Labute approximate surface area is 84.8 Å². The van der Waals surface area contributed by atoms with Crippen molar-refractivity contribution in [1.82, 2.24) is 0 Å². The fourth-order valence-electron chi connectivity index (χ4n) is 0. The van der Waals surface area contributed by atoms with Gasteiger partial charge in [0.15, 0.2) is 0 Å². The van der Waals surface area contributed by atoms with Crippen LogP contribution in [-0.2, 0) is 0 Å². The van der Waals surface area contributed by atoms with E-state index < -0.39 is 0 Å². The van der Waals surface area contributed by atoms with Gasteiger partial charge in [0.25, 0.3) is 0 Å². The first-order valence-electron chi connectivity index (χ1n) is 0. The van der Waals surface area contributed by atoms with Gasteiger partial charge in [-0.3, -0.25) is 0 Å². The molecule has 0 atom stereocenters. The maximum absolute atomic E-state index is 0. The van der Waals surface area contributed by atoms with Crippen molar-refractivity contribution < 1.29 is 51.3 Å². The molecule has 0 rings (SSSR count). The van der Waals surface area contributed by atoms with Crippen LogP contribution in [0.25, 0.3) is 0 Å². The van der Waals surface area contributed by atoms with Crippen LogP contribution >= 0.6 is 0 Å². The third-order valence-electron chi connectivity index (χ3n) is 0. The largest absolute Gasteiger partial charge is 3.00 e. The molecule has 0 N–H and O–H groups in total. The summed E-state index contributed by atoms with van der Waals surface area (Å²) >= 11 is 0. The van der Waals surface area contributed by atoms with Gasteiger partial charge in [-0.05, 0) is 0 Å². The van der Waals surface area contributed by atoms with E-state index in [2.05, 4.69) is 0 Å². The Bertz CT molecular complexity index is 11.5. The molecule has 0 nitrogen and oxygen atoms in total. The molecular formula is H4Al2LiNa+8. The zero-order valence-corrected chi connectivity index (χ0v) is 7.46. The number of hydrogen-bond donors (Lipinski definition) is 0. The third kappa shape index (κ3) is 8.82. The summed E-state index contributed by atoms with van der Waals surface area (Å²) in [6, 6.07) is 0. The van der Waals surface area contributed by atoms with Gasteiger partial charge in [0.1, 0.15) is 0 Å². The van der Waals surface area contributed by atoms with E-state index in [4.69, 9.17) is 0 Å². The molecule has 4 heteroatoms. The Kier molecular flexibility index (Phi) is 131. The van der Waals surface area contributed by atoms with E-state index in [-0.39, 0.29) is 86.0 Å². The topological polar surface area (TPSA) is 0 Å². The van der Waals surface area contributed by atoms with Crippen molar-refractivity contribution >= 4 is 34.7 Å². The molecule has 0 fully saturated rings. The molecule has 0 unspecified atom stereocenters. The normalized spacial score (nSPS) is 0. The second-order valence-corrected chi connectivity index (χ2v) is 0. The number of hydrogen-bond acceptors (Lipinski definition) is 0. The van der Waals surface area contributed by atoms with Crippen molar-refractivity contribution in [1.29, 1.82) is 0 Å². The van der Waals surface area contributed by atoms with Gasteiger partial charge in [0.05, 0.1) is 0 Å². The molecule has 0 aliphatic heterocycles. The van der Waals surface area contributed by atoms with Crippen LogP contribution in [-0.4, -0.2) is 34.7 Å².